The number of aryl methyl sites for hydroxylation is 1. The van der Waals surface area contributed by atoms with E-state index in [-0.39, 0.29) is 24.2 Å². The lowest BCUT2D eigenvalue weighted by Crippen LogP contribution is -2.41. The van der Waals surface area contributed by atoms with Crippen molar-refractivity contribution in [2.24, 2.45) is 0 Å². The Morgan fingerprint density at radius 1 is 1.22 bits per heavy atom. The molecule has 0 aliphatic carbocycles. The Hall–Kier alpha value is -3.55. The Labute approximate surface area is 185 Å². The highest BCUT2D eigenvalue weighted by Crippen LogP contribution is 2.27. The Morgan fingerprint density at radius 3 is 2.91 bits per heavy atom. The fraction of sp³-hybridized carbons (Fsp3) is 0.292. The summed E-state index contributed by atoms with van der Waals surface area (Å²) in [5, 5.41) is 3.25. The van der Waals surface area contributed by atoms with Gasteiger partial charge in [-0.2, -0.15) is 0 Å². The summed E-state index contributed by atoms with van der Waals surface area (Å²) in [7, 11) is 0. The van der Waals surface area contributed by atoms with Crippen LogP contribution in [0.15, 0.2) is 54.7 Å². The third-order valence-electron chi connectivity index (χ3n) is 5.46. The minimum Gasteiger partial charge on any atom is -0.481 e. The molecule has 0 bridgehead atoms. The average Bonchev–Trinajstić information content (AvgIpc) is 2.80. The van der Waals surface area contributed by atoms with Crippen LogP contribution in [0.2, 0.25) is 0 Å². The Kier molecular flexibility index (Phi) is 6.58. The number of ether oxygens (including phenoxy) is 1. The quantitative estimate of drug-likeness (QED) is 0.610. The molecule has 1 aliphatic heterocycles. The van der Waals surface area contributed by atoms with E-state index in [4.69, 9.17) is 9.72 Å². The van der Waals surface area contributed by atoms with Gasteiger partial charge >= 0.3 is 0 Å². The van der Waals surface area contributed by atoms with Crippen LogP contribution in [0.3, 0.4) is 0 Å². The number of carbonyl (C=O) groups excluding carboxylic acids is 1. The van der Waals surface area contributed by atoms with Crippen molar-refractivity contribution in [1.82, 2.24) is 14.9 Å². The van der Waals surface area contributed by atoms with Gasteiger partial charge in [-0.3, -0.25) is 4.79 Å². The van der Waals surface area contributed by atoms with E-state index in [2.05, 4.69) is 10.3 Å². The van der Waals surface area contributed by atoms with Crippen LogP contribution in [0.25, 0.3) is 0 Å². The van der Waals surface area contributed by atoms with Gasteiger partial charge in [0.2, 0.25) is 0 Å². The van der Waals surface area contributed by atoms with Crippen molar-refractivity contribution in [2.75, 3.05) is 25.0 Å². The molecule has 1 atom stereocenters. The van der Waals surface area contributed by atoms with Crippen molar-refractivity contribution in [3.05, 3.63) is 77.6 Å². The number of pyridine rings is 2. The summed E-state index contributed by atoms with van der Waals surface area (Å²) >= 11 is 0. The molecule has 0 saturated carbocycles. The van der Waals surface area contributed by atoms with E-state index in [9.17, 15) is 13.6 Å². The number of hydrogen-bond acceptors (Lipinski definition) is 5. The zero-order chi connectivity index (χ0) is 22.5. The molecule has 32 heavy (non-hydrogen) atoms. The first-order valence-electron chi connectivity index (χ1n) is 10.5. The number of nitrogens with one attached hydrogen (secondary N) is 1. The molecule has 2 aromatic heterocycles. The maximum atomic E-state index is 13.7. The molecular formula is C24H24F2N4O2. The fourth-order valence-corrected chi connectivity index (χ4v) is 3.75. The molecule has 1 saturated heterocycles. The van der Waals surface area contributed by atoms with Crippen LogP contribution in [-0.4, -0.2) is 40.5 Å². The summed E-state index contributed by atoms with van der Waals surface area (Å²) in [6.45, 7) is 2.79. The second kappa shape index (κ2) is 9.72. The zero-order valence-electron chi connectivity index (χ0n) is 17.7. The van der Waals surface area contributed by atoms with E-state index in [1.807, 2.05) is 37.3 Å². The maximum absolute atomic E-state index is 13.7. The van der Waals surface area contributed by atoms with Gasteiger partial charge in [0.05, 0.1) is 0 Å². The topological polar surface area (TPSA) is 67.4 Å². The van der Waals surface area contributed by atoms with E-state index in [1.165, 1.54) is 6.07 Å². The van der Waals surface area contributed by atoms with Crippen molar-refractivity contribution in [1.29, 1.82) is 0 Å². The summed E-state index contributed by atoms with van der Waals surface area (Å²) < 4.78 is 32.0. The van der Waals surface area contributed by atoms with E-state index in [1.54, 1.807) is 11.1 Å². The van der Waals surface area contributed by atoms with Crippen LogP contribution < -0.4 is 10.1 Å². The van der Waals surface area contributed by atoms with Crippen molar-refractivity contribution < 1.29 is 18.3 Å². The van der Waals surface area contributed by atoms with E-state index in [0.29, 0.717) is 18.9 Å². The lowest BCUT2D eigenvalue weighted by molar-refractivity contribution is -0.134. The first kappa shape index (κ1) is 21.7. The number of carbonyl (C=O) groups is 1. The first-order chi connectivity index (χ1) is 15.5. The summed E-state index contributed by atoms with van der Waals surface area (Å²) in [5.74, 6) is -0.365. The molecule has 0 radical (unpaired) electrons. The van der Waals surface area contributed by atoms with Gasteiger partial charge in [0.1, 0.15) is 17.5 Å². The predicted octanol–water partition coefficient (Wildman–Crippen LogP) is 4.59. The molecule has 4 rings (SSSR count). The van der Waals surface area contributed by atoms with Gasteiger partial charge in [0, 0.05) is 37.0 Å². The van der Waals surface area contributed by atoms with E-state index >= 15 is 0 Å². The number of aromatic nitrogens is 2. The molecular weight excluding hydrogens is 414 g/mol. The summed E-state index contributed by atoms with van der Waals surface area (Å²) in [6.07, 6.45) is 3.47. The number of nitrogens with zero attached hydrogens (tertiary/aromatic N) is 3. The molecule has 166 valence electrons. The molecule has 1 aliphatic rings. The van der Waals surface area contributed by atoms with Crippen molar-refractivity contribution in [3.63, 3.8) is 0 Å². The van der Waals surface area contributed by atoms with Crippen LogP contribution in [0.1, 0.15) is 30.0 Å². The van der Waals surface area contributed by atoms with Gasteiger partial charge in [0.15, 0.2) is 18.2 Å². The minimum atomic E-state index is -0.828. The van der Waals surface area contributed by atoms with Crippen molar-refractivity contribution in [2.45, 2.75) is 25.7 Å². The smallest absolute Gasteiger partial charge is 0.260 e. The molecule has 0 unspecified atom stereocenters. The number of likely N-dealkylation sites (tertiary alicyclic amines) is 1. The van der Waals surface area contributed by atoms with Crippen LogP contribution in [0.5, 0.6) is 5.75 Å². The second-order valence-corrected chi connectivity index (χ2v) is 7.78. The maximum Gasteiger partial charge on any atom is 0.260 e. The van der Waals surface area contributed by atoms with E-state index < -0.39 is 11.6 Å². The summed E-state index contributed by atoms with van der Waals surface area (Å²) in [6, 6.07) is 12.6. The largest absolute Gasteiger partial charge is 0.481 e. The second-order valence-electron chi connectivity index (χ2n) is 7.78. The monoisotopic (exact) mass is 438 g/mol. The van der Waals surface area contributed by atoms with Gasteiger partial charge in [0.25, 0.3) is 5.91 Å². The summed E-state index contributed by atoms with van der Waals surface area (Å²) in [4.78, 5) is 23.4. The van der Waals surface area contributed by atoms with Crippen LogP contribution in [0.4, 0.5) is 20.4 Å². The molecule has 3 heterocycles. The number of anilines is 2. The molecule has 1 fully saturated rings. The minimum absolute atomic E-state index is 0.0850. The number of benzene rings is 1. The average molecular weight is 438 g/mol. The SMILES string of the molecule is Cc1cccnc1Nc1cccc([C@H]2CCCN(C(=O)COc3ccc(F)cc3F)C2)n1. The molecule has 0 spiro atoms. The van der Waals surface area contributed by atoms with Crippen molar-refractivity contribution in [3.8, 4) is 5.75 Å². The third kappa shape index (κ3) is 5.19. The Morgan fingerprint density at radius 2 is 2.09 bits per heavy atom. The fourth-order valence-electron chi connectivity index (χ4n) is 3.75. The molecule has 3 aromatic rings. The van der Waals surface area contributed by atoms with Crippen LogP contribution in [0, 0.1) is 18.6 Å². The predicted molar refractivity (Wildman–Crippen MR) is 117 cm³/mol. The first-order valence-corrected chi connectivity index (χ1v) is 10.5. The highest BCUT2D eigenvalue weighted by Gasteiger charge is 2.26. The number of hydrogen-bond donors (Lipinski definition) is 1. The Balaban J connectivity index is 1.39. The standard InChI is InChI=1S/C24H24F2N4O2/c1-16-5-3-11-27-24(16)29-22-8-2-7-20(28-22)17-6-4-12-30(14-17)23(31)15-32-21-10-9-18(25)13-19(21)26/h2-3,5,7-11,13,17H,4,6,12,14-15H2,1H3,(H,27,28,29)/t17-/m0/s1. The molecule has 1 amide bonds. The third-order valence-corrected chi connectivity index (χ3v) is 5.46. The normalized spacial score (nSPS) is 16.0. The molecule has 6 nitrogen and oxygen atoms in total. The highest BCUT2D eigenvalue weighted by atomic mass is 19.1. The van der Waals surface area contributed by atoms with Gasteiger partial charge in [-0.1, -0.05) is 12.1 Å². The molecule has 1 N–H and O–H groups in total. The molecule has 8 heteroatoms. The van der Waals surface area contributed by atoms with Gasteiger partial charge < -0.3 is 15.0 Å². The number of piperidine rings is 1. The van der Waals surface area contributed by atoms with Gasteiger partial charge in [-0.05, 0) is 55.7 Å². The number of rotatable bonds is 6. The lowest BCUT2D eigenvalue weighted by atomic mass is 9.94. The van der Waals surface area contributed by atoms with Gasteiger partial charge in [-0.25, -0.2) is 18.7 Å². The van der Waals surface area contributed by atoms with Crippen LogP contribution in [-0.2, 0) is 4.79 Å². The summed E-state index contributed by atoms with van der Waals surface area (Å²) in [5.41, 5.74) is 1.92. The van der Waals surface area contributed by atoms with Gasteiger partial charge in [-0.15, -0.1) is 0 Å². The highest BCUT2D eigenvalue weighted by molar-refractivity contribution is 5.78. The lowest BCUT2D eigenvalue weighted by Gasteiger charge is -2.32. The molecule has 1 aromatic carbocycles. The Bertz CT molecular complexity index is 1110. The van der Waals surface area contributed by atoms with Crippen LogP contribution >= 0.6 is 0 Å². The van der Waals surface area contributed by atoms with Crippen molar-refractivity contribution >= 4 is 17.5 Å². The number of halogens is 2. The number of amides is 1. The zero-order valence-corrected chi connectivity index (χ0v) is 17.7. The van der Waals surface area contributed by atoms with E-state index in [0.717, 1.165) is 42.0 Å².